The first-order chi connectivity index (χ1) is 5.66. The first-order valence-electron chi connectivity index (χ1n) is 3.45. The number of aromatic nitrogens is 2. The van der Waals surface area contributed by atoms with Gasteiger partial charge in [0.2, 0.25) is 0 Å². The summed E-state index contributed by atoms with van der Waals surface area (Å²) in [4.78, 5) is 0. The summed E-state index contributed by atoms with van der Waals surface area (Å²) >= 11 is 9.26. The van der Waals surface area contributed by atoms with Crippen molar-refractivity contribution in [2.45, 2.75) is 0 Å². The molecule has 0 aliphatic rings. The number of hydrogen-bond acceptors (Lipinski definition) is 1. The number of fused-ring (bicyclic) bond motifs is 1. The molecule has 2 rings (SSSR count). The molecule has 1 aromatic heterocycles. The van der Waals surface area contributed by atoms with Crippen LogP contribution in [0.5, 0.6) is 0 Å². The fraction of sp³-hybridized carbons (Fsp3) is 0.125. The Morgan fingerprint density at radius 2 is 2.25 bits per heavy atom. The molecule has 0 N–H and O–H groups in total. The molecule has 0 amide bonds. The molecule has 0 fully saturated rings. The highest BCUT2D eigenvalue weighted by atomic mass is 79.9. The topological polar surface area (TPSA) is 17.8 Å². The van der Waals surface area contributed by atoms with Crippen LogP contribution in [0.25, 0.3) is 10.9 Å². The lowest BCUT2D eigenvalue weighted by molar-refractivity contribution is 0.780. The van der Waals surface area contributed by atoms with Crippen molar-refractivity contribution in [1.29, 1.82) is 0 Å². The van der Waals surface area contributed by atoms with E-state index in [1.165, 1.54) is 0 Å². The van der Waals surface area contributed by atoms with E-state index >= 15 is 0 Å². The van der Waals surface area contributed by atoms with Gasteiger partial charge in [-0.2, -0.15) is 5.10 Å². The highest BCUT2D eigenvalue weighted by molar-refractivity contribution is 9.10. The third kappa shape index (κ3) is 1.23. The predicted molar refractivity (Wildman–Crippen MR) is 53.4 cm³/mol. The van der Waals surface area contributed by atoms with Gasteiger partial charge in [-0.1, -0.05) is 11.6 Å². The number of rotatable bonds is 0. The van der Waals surface area contributed by atoms with Gasteiger partial charge < -0.3 is 0 Å². The second kappa shape index (κ2) is 2.75. The van der Waals surface area contributed by atoms with Crippen LogP contribution in [0.2, 0.25) is 5.02 Å². The minimum absolute atomic E-state index is 0.696. The van der Waals surface area contributed by atoms with Crippen molar-refractivity contribution in [3.05, 3.63) is 27.8 Å². The fourth-order valence-corrected chi connectivity index (χ4v) is 1.66. The maximum atomic E-state index is 5.90. The molecule has 12 heavy (non-hydrogen) atoms. The Labute approximate surface area is 83.3 Å². The molecule has 0 aliphatic heterocycles. The highest BCUT2D eigenvalue weighted by Crippen LogP contribution is 2.27. The molecule has 1 aromatic carbocycles. The summed E-state index contributed by atoms with van der Waals surface area (Å²) in [5, 5.41) is 6.01. The summed E-state index contributed by atoms with van der Waals surface area (Å²) in [6.07, 6.45) is 1.95. The van der Waals surface area contributed by atoms with Crippen molar-refractivity contribution < 1.29 is 0 Å². The van der Waals surface area contributed by atoms with Crippen LogP contribution in [-0.2, 0) is 7.05 Å². The van der Waals surface area contributed by atoms with Crippen molar-refractivity contribution in [2.75, 3.05) is 0 Å². The minimum atomic E-state index is 0.696. The van der Waals surface area contributed by atoms with Gasteiger partial charge in [-0.25, -0.2) is 0 Å². The largest absolute Gasteiger partial charge is 0.275 e. The van der Waals surface area contributed by atoms with E-state index in [0.717, 1.165) is 15.4 Å². The van der Waals surface area contributed by atoms with E-state index in [9.17, 15) is 0 Å². The van der Waals surface area contributed by atoms with Gasteiger partial charge in [-0.05, 0) is 28.1 Å². The monoisotopic (exact) mass is 244 g/mol. The van der Waals surface area contributed by atoms with Crippen molar-refractivity contribution in [1.82, 2.24) is 9.78 Å². The van der Waals surface area contributed by atoms with Gasteiger partial charge >= 0.3 is 0 Å². The molecule has 0 bridgehead atoms. The summed E-state index contributed by atoms with van der Waals surface area (Å²) < 4.78 is 2.68. The molecule has 0 aliphatic carbocycles. The Hall–Kier alpha value is -0.540. The molecule has 0 radical (unpaired) electrons. The van der Waals surface area contributed by atoms with E-state index < -0.39 is 0 Å². The van der Waals surface area contributed by atoms with Crippen LogP contribution in [-0.4, -0.2) is 9.78 Å². The molecule has 4 heteroatoms. The summed E-state index contributed by atoms with van der Waals surface area (Å²) in [7, 11) is 1.89. The van der Waals surface area contributed by atoms with Crippen LogP contribution in [0.1, 0.15) is 0 Å². The van der Waals surface area contributed by atoms with Gasteiger partial charge in [0.1, 0.15) is 0 Å². The van der Waals surface area contributed by atoms with Gasteiger partial charge in [-0.15, -0.1) is 0 Å². The molecular weight excluding hydrogens is 239 g/mol. The third-order valence-electron chi connectivity index (χ3n) is 1.66. The molecule has 1 heterocycles. The second-order valence-corrected chi connectivity index (χ2v) is 3.89. The average molecular weight is 246 g/mol. The normalized spacial score (nSPS) is 10.9. The van der Waals surface area contributed by atoms with Crippen molar-refractivity contribution in [2.24, 2.45) is 7.05 Å². The van der Waals surface area contributed by atoms with Gasteiger partial charge in [0.15, 0.2) is 0 Å². The molecule has 0 unspecified atom stereocenters. The molecule has 2 aromatic rings. The fourth-order valence-electron chi connectivity index (χ4n) is 1.14. The van der Waals surface area contributed by atoms with Crippen molar-refractivity contribution in [3.63, 3.8) is 0 Å². The molecule has 2 nitrogen and oxygen atoms in total. The van der Waals surface area contributed by atoms with E-state index in [2.05, 4.69) is 21.0 Å². The predicted octanol–water partition coefficient (Wildman–Crippen LogP) is 2.99. The van der Waals surface area contributed by atoms with E-state index in [-0.39, 0.29) is 0 Å². The first kappa shape index (κ1) is 8.08. The van der Waals surface area contributed by atoms with Crippen LogP contribution in [0.4, 0.5) is 0 Å². The van der Waals surface area contributed by atoms with Crippen LogP contribution in [0.3, 0.4) is 0 Å². The van der Waals surface area contributed by atoms with Gasteiger partial charge in [0.05, 0.1) is 10.5 Å². The molecule has 0 atom stereocenters. The smallest absolute Gasteiger partial charge is 0.0938 e. The highest BCUT2D eigenvalue weighted by Gasteiger charge is 2.02. The lowest BCUT2D eigenvalue weighted by Gasteiger charge is -1.93. The van der Waals surface area contributed by atoms with Crippen molar-refractivity contribution >= 4 is 38.4 Å². The quantitative estimate of drug-likeness (QED) is 0.698. The van der Waals surface area contributed by atoms with E-state index in [1.54, 1.807) is 4.68 Å². The van der Waals surface area contributed by atoms with E-state index in [4.69, 9.17) is 11.6 Å². The number of aryl methyl sites for hydroxylation is 1. The Kier molecular flexibility index (Phi) is 1.85. The lowest BCUT2D eigenvalue weighted by atomic mass is 10.3. The van der Waals surface area contributed by atoms with E-state index in [0.29, 0.717) is 5.02 Å². The summed E-state index contributed by atoms with van der Waals surface area (Å²) in [5.41, 5.74) is 0.922. The van der Waals surface area contributed by atoms with Crippen molar-refractivity contribution in [3.8, 4) is 0 Å². The zero-order valence-corrected chi connectivity index (χ0v) is 8.72. The van der Waals surface area contributed by atoms with Gasteiger partial charge in [0.25, 0.3) is 0 Å². The molecule has 0 saturated heterocycles. The number of benzene rings is 1. The lowest BCUT2D eigenvalue weighted by Crippen LogP contribution is -1.84. The van der Waals surface area contributed by atoms with E-state index in [1.807, 2.05) is 25.4 Å². The number of nitrogens with zero attached hydrogens (tertiary/aromatic N) is 2. The average Bonchev–Trinajstić information content (AvgIpc) is 2.30. The summed E-state index contributed by atoms with van der Waals surface area (Å²) in [6, 6.07) is 3.81. The zero-order valence-electron chi connectivity index (χ0n) is 6.38. The SMILES string of the molecule is Cn1cc2cc(Br)c(Cl)cc2n1. The van der Waals surface area contributed by atoms with Gasteiger partial charge in [-0.3, -0.25) is 4.68 Å². The first-order valence-corrected chi connectivity index (χ1v) is 4.62. The second-order valence-electron chi connectivity index (χ2n) is 2.63. The summed E-state index contributed by atoms with van der Waals surface area (Å²) in [5.74, 6) is 0. The molecule has 0 saturated carbocycles. The third-order valence-corrected chi connectivity index (χ3v) is 2.86. The van der Waals surface area contributed by atoms with Crippen LogP contribution in [0, 0.1) is 0 Å². The standard InChI is InChI=1S/C8H6BrClN2/c1-12-4-5-2-6(9)7(10)3-8(5)11-12/h2-4H,1H3. The zero-order chi connectivity index (χ0) is 8.72. The Bertz CT molecular complexity index is 397. The number of hydrogen-bond donors (Lipinski definition) is 0. The molecular formula is C8H6BrClN2. The molecule has 62 valence electrons. The van der Waals surface area contributed by atoms with Crippen LogP contribution in [0.15, 0.2) is 22.8 Å². The maximum Gasteiger partial charge on any atom is 0.0938 e. The Balaban J connectivity index is 2.83. The summed E-state index contributed by atoms with van der Waals surface area (Å²) in [6.45, 7) is 0. The minimum Gasteiger partial charge on any atom is -0.275 e. The Morgan fingerprint density at radius 1 is 1.50 bits per heavy atom. The molecule has 0 spiro atoms. The van der Waals surface area contributed by atoms with Crippen LogP contribution < -0.4 is 0 Å². The van der Waals surface area contributed by atoms with Crippen LogP contribution >= 0.6 is 27.5 Å². The number of halogens is 2. The maximum absolute atomic E-state index is 5.90. The van der Waals surface area contributed by atoms with Gasteiger partial charge in [0, 0.05) is 23.1 Å². The Morgan fingerprint density at radius 3 is 3.00 bits per heavy atom.